The zero-order valence-electron chi connectivity index (χ0n) is 26.9. The third-order valence-corrected chi connectivity index (χ3v) is 12.5. The molecule has 50 heavy (non-hydrogen) atoms. The molecule has 4 heteroatoms. The van der Waals surface area contributed by atoms with Gasteiger partial charge in [0, 0.05) is 63.2 Å². The van der Waals surface area contributed by atoms with Crippen LogP contribution in [0, 0.1) is 0 Å². The van der Waals surface area contributed by atoms with Crippen LogP contribution >= 0.6 is 22.7 Å². The Morgan fingerprint density at radius 2 is 1.06 bits per heavy atom. The van der Waals surface area contributed by atoms with Crippen LogP contribution in [0.3, 0.4) is 0 Å². The van der Waals surface area contributed by atoms with Gasteiger partial charge in [0.05, 0.1) is 27.1 Å². The van der Waals surface area contributed by atoms with Gasteiger partial charge in [-0.25, -0.2) is 0 Å². The summed E-state index contributed by atoms with van der Waals surface area (Å²) in [5.74, 6) is 0. The van der Waals surface area contributed by atoms with E-state index in [-0.39, 0.29) is 0 Å². The van der Waals surface area contributed by atoms with Gasteiger partial charge in [0.2, 0.25) is 0 Å². The minimum absolute atomic E-state index is 1.16. The van der Waals surface area contributed by atoms with E-state index in [2.05, 4.69) is 179 Å². The normalized spacial score (nSPS) is 12.0. The summed E-state index contributed by atoms with van der Waals surface area (Å²) in [6, 6.07) is 62.4. The van der Waals surface area contributed by atoms with Crippen molar-refractivity contribution in [3.63, 3.8) is 0 Å². The largest absolute Gasteiger partial charge is 0.309 e. The standard InChI is InChI=1S/C46H28N2S2/c1-2-14-30(15-3-1)47-38-20-9-6-19-36(38)44-39(47)21-12-22-40(44)48(31-25-26-35-33-17-7-10-23-41(33)49-43(35)28-31)45-32-16-5-4-13-29(32)27-37-34-18-8-11-24-42(34)50-46(37)45/h1-28H. The van der Waals surface area contributed by atoms with E-state index in [0.29, 0.717) is 0 Å². The molecule has 0 bridgehead atoms. The average molecular weight is 673 g/mol. The highest BCUT2D eigenvalue weighted by molar-refractivity contribution is 7.26. The van der Waals surface area contributed by atoms with E-state index < -0.39 is 0 Å². The molecule has 0 saturated carbocycles. The highest BCUT2D eigenvalue weighted by atomic mass is 32.1. The molecule has 0 saturated heterocycles. The summed E-state index contributed by atoms with van der Waals surface area (Å²) in [6.45, 7) is 0. The number of anilines is 3. The second kappa shape index (κ2) is 10.8. The predicted octanol–water partition coefficient (Wildman–Crippen LogP) is 14.1. The summed E-state index contributed by atoms with van der Waals surface area (Å²) in [4.78, 5) is 2.56. The van der Waals surface area contributed by atoms with Crippen LogP contribution in [0.15, 0.2) is 170 Å². The fraction of sp³-hybridized carbons (Fsp3) is 0. The lowest BCUT2D eigenvalue weighted by Crippen LogP contribution is -2.11. The quantitative estimate of drug-likeness (QED) is 0.181. The molecule has 0 aliphatic rings. The van der Waals surface area contributed by atoms with E-state index in [1.807, 2.05) is 22.7 Å². The summed E-state index contributed by atoms with van der Waals surface area (Å²) in [6.07, 6.45) is 0. The Labute approximate surface area is 296 Å². The Balaban J connectivity index is 1.32. The first-order valence-corrected chi connectivity index (χ1v) is 18.6. The molecule has 0 aliphatic carbocycles. The lowest BCUT2D eigenvalue weighted by molar-refractivity contribution is 1.18. The minimum atomic E-state index is 1.16. The van der Waals surface area contributed by atoms with Crippen LogP contribution in [0.5, 0.6) is 0 Å². The van der Waals surface area contributed by atoms with Crippen LogP contribution < -0.4 is 4.90 Å². The van der Waals surface area contributed by atoms with Crippen LogP contribution in [0.1, 0.15) is 0 Å². The van der Waals surface area contributed by atoms with Gasteiger partial charge in [-0.3, -0.25) is 0 Å². The SMILES string of the molecule is c1ccc(-n2c3ccccc3c3c(N(c4ccc5c(c4)sc4ccccc45)c4c5ccccc5cc5c4sc4ccccc45)cccc32)cc1. The molecule has 0 spiro atoms. The Kier molecular flexibility index (Phi) is 6.03. The highest BCUT2D eigenvalue weighted by Gasteiger charge is 2.25. The molecule has 11 rings (SSSR count). The van der Waals surface area contributed by atoms with E-state index in [0.717, 1.165) is 11.4 Å². The van der Waals surface area contributed by atoms with Crippen LogP contribution in [-0.4, -0.2) is 4.57 Å². The van der Waals surface area contributed by atoms with Crippen LogP contribution in [0.2, 0.25) is 0 Å². The van der Waals surface area contributed by atoms with E-state index in [4.69, 9.17) is 0 Å². The number of aromatic nitrogens is 1. The smallest absolute Gasteiger partial charge is 0.0719 e. The van der Waals surface area contributed by atoms with Crippen molar-refractivity contribution in [3.8, 4) is 5.69 Å². The van der Waals surface area contributed by atoms with Crippen LogP contribution in [-0.2, 0) is 0 Å². The third-order valence-electron chi connectivity index (χ3n) is 10.1. The molecular weight excluding hydrogens is 645 g/mol. The minimum Gasteiger partial charge on any atom is -0.309 e. The number of para-hydroxylation sites is 2. The summed E-state index contributed by atoms with van der Waals surface area (Å²) in [7, 11) is 0. The fourth-order valence-electron chi connectivity index (χ4n) is 8.01. The molecule has 3 aromatic heterocycles. The number of fused-ring (bicyclic) bond motifs is 10. The molecule has 11 aromatic rings. The maximum Gasteiger partial charge on any atom is 0.0719 e. The van der Waals surface area contributed by atoms with Crippen molar-refractivity contribution in [2.24, 2.45) is 0 Å². The van der Waals surface area contributed by atoms with Gasteiger partial charge in [-0.2, -0.15) is 0 Å². The first-order valence-electron chi connectivity index (χ1n) is 16.9. The molecule has 0 atom stereocenters. The Bertz CT molecular complexity index is 3110. The molecule has 234 valence electrons. The van der Waals surface area contributed by atoms with E-state index >= 15 is 0 Å². The lowest BCUT2D eigenvalue weighted by atomic mass is 10.0. The van der Waals surface area contributed by atoms with E-state index in [9.17, 15) is 0 Å². The third kappa shape index (κ3) is 4.01. The van der Waals surface area contributed by atoms with Gasteiger partial charge in [-0.15, -0.1) is 22.7 Å². The summed E-state index contributed by atoms with van der Waals surface area (Å²) < 4.78 is 7.62. The number of rotatable bonds is 4. The molecule has 0 aliphatic heterocycles. The zero-order valence-corrected chi connectivity index (χ0v) is 28.5. The van der Waals surface area contributed by atoms with Crippen molar-refractivity contribution >= 4 is 113 Å². The fourth-order valence-corrected chi connectivity index (χ4v) is 10.4. The zero-order chi connectivity index (χ0) is 32.8. The lowest BCUT2D eigenvalue weighted by Gasteiger charge is -2.28. The number of hydrogen-bond donors (Lipinski definition) is 0. The number of thiophene rings is 2. The molecule has 0 unspecified atom stereocenters. The van der Waals surface area contributed by atoms with Crippen LogP contribution in [0.25, 0.3) is 78.6 Å². The molecule has 0 radical (unpaired) electrons. The van der Waals surface area contributed by atoms with Gasteiger partial charge >= 0.3 is 0 Å². The van der Waals surface area contributed by atoms with Crippen molar-refractivity contribution in [2.75, 3.05) is 4.90 Å². The van der Waals surface area contributed by atoms with Crippen molar-refractivity contribution in [3.05, 3.63) is 170 Å². The molecule has 2 nitrogen and oxygen atoms in total. The van der Waals surface area contributed by atoms with E-state index in [1.54, 1.807) is 0 Å². The number of nitrogens with zero attached hydrogens (tertiary/aromatic N) is 2. The summed E-state index contributed by atoms with van der Waals surface area (Å²) in [5, 5.41) is 10.2. The topological polar surface area (TPSA) is 8.17 Å². The maximum absolute atomic E-state index is 2.56. The van der Waals surface area contributed by atoms with Gasteiger partial charge in [0.25, 0.3) is 0 Å². The molecular formula is C46H28N2S2. The molecule has 0 amide bonds. The molecule has 0 N–H and O–H groups in total. The first-order chi connectivity index (χ1) is 24.8. The molecule has 3 heterocycles. The van der Waals surface area contributed by atoms with Crippen molar-refractivity contribution < 1.29 is 0 Å². The second-order valence-corrected chi connectivity index (χ2v) is 15.0. The summed E-state index contributed by atoms with van der Waals surface area (Å²) in [5.41, 5.74) is 7.10. The van der Waals surface area contributed by atoms with Gasteiger partial charge in [-0.05, 0) is 66.0 Å². The van der Waals surface area contributed by atoms with Gasteiger partial charge in [-0.1, -0.05) is 109 Å². The van der Waals surface area contributed by atoms with Crippen LogP contribution in [0.4, 0.5) is 17.1 Å². The first kappa shape index (κ1) is 28.0. The highest BCUT2D eigenvalue weighted by Crippen LogP contribution is 2.52. The Hall–Kier alpha value is -5.94. The van der Waals surface area contributed by atoms with Crippen molar-refractivity contribution in [1.29, 1.82) is 0 Å². The predicted molar refractivity (Wildman–Crippen MR) is 219 cm³/mol. The number of hydrogen-bond acceptors (Lipinski definition) is 3. The monoisotopic (exact) mass is 672 g/mol. The molecule has 8 aromatic carbocycles. The van der Waals surface area contributed by atoms with E-state index in [1.165, 1.54) is 84.3 Å². The van der Waals surface area contributed by atoms with Gasteiger partial charge in [0.15, 0.2) is 0 Å². The number of benzene rings is 8. The van der Waals surface area contributed by atoms with Gasteiger partial charge < -0.3 is 9.47 Å². The second-order valence-electron chi connectivity index (χ2n) is 12.9. The summed E-state index contributed by atoms with van der Waals surface area (Å²) >= 11 is 3.77. The Morgan fingerprint density at radius 1 is 0.420 bits per heavy atom. The Morgan fingerprint density at radius 3 is 1.90 bits per heavy atom. The average Bonchev–Trinajstić information content (AvgIpc) is 3.84. The molecule has 0 fully saturated rings. The maximum atomic E-state index is 2.56. The van der Waals surface area contributed by atoms with Crippen molar-refractivity contribution in [1.82, 2.24) is 4.57 Å². The van der Waals surface area contributed by atoms with Crippen molar-refractivity contribution in [2.45, 2.75) is 0 Å². The van der Waals surface area contributed by atoms with Gasteiger partial charge in [0.1, 0.15) is 0 Å².